The highest BCUT2D eigenvalue weighted by Crippen LogP contribution is 2.13. The van der Waals surface area contributed by atoms with Crippen molar-refractivity contribution in [2.24, 2.45) is 5.92 Å². The molecule has 5 nitrogen and oxygen atoms in total. The maximum absolute atomic E-state index is 11.8. The molecule has 5 heteroatoms. The zero-order chi connectivity index (χ0) is 12.8. The summed E-state index contributed by atoms with van der Waals surface area (Å²) in [5.41, 5.74) is 0. The smallest absolute Gasteiger partial charge is 0.141 e. The van der Waals surface area contributed by atoms with E-state index in [0.29, 0.717) is 25.4 Å². The highest BCUT2D eigenvalue weighted by molar-refractivity contribution is 5.82. The van der Waals surface area contributed by atoms with Crippen molar-refractivity contribution in [2.45, 2.75) is 12.8 Å². The molecule has 0 radical (unpaired) electrons. The molecule has 2 aliphatic rings. The number of ketones is 1. The number of carbonyl (C=O) groups is 1. The first-order valence-corrected chi connectivity index (χ1v) is 6.95. The third-order valence-electron chi connectivity index (χ3n) is 3.84. The van der Waals surface area contributed by atoms with Crippen LogP contribution in [0.2, 0.25) is 0 Å². The van der Waals surface area contributed by atoms with Crippen LogP contribution in [-0.4, -0.2) is 79.8 Å². The molecule has 2 aliphatic heterocycles. The molecule has 0 spiro atoms. The summed E-state index contributed by atoms with van der Waals surface area (Å²) in [6, 6.07) is 0. The third kappa shape index (κ3) is 4.02. The zero-order valence-electron chi connectivity index (χ0n) is 11.0. The van der Waals surface area contributed by atoms with E-state index < -0.39 is 0 Å². The average molecular weight is 256 g/mol. The summed E-state index contributed by atoms with van der Waals surface area (Å²) in [6.07, 6.45) is 1.69. The van der Waals surface area contributed by atoms with E-state index >= 15 is 0 Å². The van der Waals surface area contributed by atoms with E-state index in [1.807, 2.05) is 0 Å². The SMILES string of the molecule is O=C1CCOCC1CN1CCCN(CCO)CC1. The number of Topliss-reactive ketones (excluding diaryl/α,β-unsaturated/α-hetero) is 1. The molecule has 104 valence electrons. The Bertz CT molecular complexity index is 273. The number of aliphatic hydroxyl groups excluding tert-OH is 1. The second-order valence-corrected chi connectivity index (χ2v) is 5.21. The van der Waals surface area contributed by atoms with Gasteiger partial charge in [-0.15, -0.1) is 0 Å². The number of hydrogen-bond acceptors (Lipinski definition) is 5. The second-order valence-electron chi connectivity index (χ2n) is 5.21. The molecule has 2 fully saturated rings. The summed E-state index contributed by atoms with van der Waals surface area (Å²) in [5.74, 6) is 0.431. The third-order valence-corrected chi connectivity index (χ3v) is 3.84. The molecule has 2 heterocycles. The number of rotatable bonds is 4. The molecular formula is C13H24N2O3. The van der Waals surface area contributed by atoms with Crippen molar-refractivity contribution < 1.29 is 14.6 Å². The van der Waals surface area contributed by atoms with E-state index in [1.54, 1.807) is 0 Å². The maximum Gasteiger partial charge on any atom is 0.141 e. The van der Waals surface area contributed by atoms with Crippen molar-refractivity contribution in [1.82, 2.24) is 9.80 Å². The number of aliphatic hydroxyl groups is 1. The number of carbonyl (C=O) groups excluding carboxylic acids is 1. The predicted molar refractivity (Wildman–Crippen MR) is 68.5 cm³/mol. The van der Waals surface area contributed by atoms with Gasteiger partial charge in [-0.05, 0) is 19.5 Å². The van der Waals surface area contributed by atoms with E-state index in [-0.39, 0.29) is 12.5 Å². The Balaban J connectivity index is 1.77. The largest absolute Gasteiger partial charge is 0.395 e. The van der Waals surface area contributed by atoms with Crippen molar-refractivity contribution >= 4 is 5.78 Å². The molecule has 0 aromatic heterocycles. The quantitative estimate of drug-likeness (QED) is 0.741. The number of hydrogen-bond donors (Lipinski definition) is 1. The first-order chi connectivity index (χ1) is 8.79. The first-order valence-electron chi connectivity index (χ1n) is 6.95. The van der Waals surface area contributed by atoms with Gasteiger partial charge in [0.25, 0.3) is 0 Å². The van der Waals surface area contributed by atoms with Gasteiger partial charge in [0, 0.05) is 32.6 Å². The van der Waals surface area contributed by atoms with Gasteiger partial charge in [0.15, 0.2) is 0 Å². The Morgan fingerprint density at radius 2 is 2.00 bits per heavy atom. The minimum Gasteiger partial charge on any atom is -0.395 e. The van der Waals surface area contributed by atoms with Gasteiger partial charge in [-0.2, -0.15) is 0 Å². The number of ether oxygens (including phenoxy) is 1. The van der Waals surface area contributed by atoms with Crippen molar-refractivity contribution in [2.75, 3.05) is 59.1 Å². The topological polar surface area (TPSA) is 53.0 Å². The summed E-state index contributed by atoms with van der Waals surface area (Å²) in [5, 5.41) is 8.96. The Morgan fingerprint density at radius 1 is 1.22 bits per heavy atom. The lowest BCUT2D eigenvalue weighted by Crippen LogP contribution is -2.40. The molecule has 0 amide bonds. The molecule has 0 aromatic carbocycles. The normalized spacial score (nSPS) is 28.3. The Kier molecular flexibility index (Phi) is 5.56. The van der Waals surface area contributed by atoms with Gasteiger partial charge < -0.3 is 14.7 Å². The zero-order valence-corrected chi connectivity index (χ0v) is 11.0. The van der Waals surface area contributed by atoms with Crippen LogP contribution in [0.5, 0.6) is 0 Å². The fraction of sp³-hybridized carbons (Fsp3) is 0.923. The molecule has 1 atom stereocenters. The molecule has 0 aliphatic carbocycles. The lowest BCUT2D eigenvalue weighted by Gasteiger charge is -2.28. The van der Waals surface area contributed by atoms with Crippen molar-refractivity contribution in [3.05, 3.63) is 0 Å². The van der Waals surface area contributed by atoms with Gasteiger partial charge in [0.05, 0.1) is 25.7 Å². The van der Waals surface area contributed by atoms with E-state index in [2.05, 4.69) is 9.80 Å². The van der Waals surface area contributed by atoms with Crippen LogP contribution in [0.3, 0.4) is 0 Å². The van der Waals surface area contributed by atoms with Gasteiger partial charge in [-0.25, -0.2) is 0 Å². The molecule has 1 unspecified atom stereocenters. The maximum atomic E-state index is 11.8. The van der Waals surface area contributed by atoms with Crippen LogP contribution in [0.4, 0.5) is 0 Å². The van der Waals surface area contributed by atoms with Crippen LogP contribution in [-0.2, 0) is 9.53 Å². The average Bonchev–Trinajstić information content (AvgIpc) is 2.59. The molecule has 0 aromatic rings. The van der Waals surface area contributed by atoms with Crippen molar-refractivity contribution in [3.63, 3.8) is 0 Å². The highest BCUT2D eigenvalue weighted by atomic mass is 16.5. The standard InChI is InChI=1S/C13H24N2O3/c16-8-7-14-3-1-4-15(6-5-14)10-12-11-18-9-2-13(12)17/h12,16H,1-11H2. The van der Waals surface area contributed by atoms with Crippen molar-refractivity contribution in [3.8, 4) is 0 Å². The predicted octanol–water partition coefficient (Wildman–Crippen LogP) is -0.408. The minimum absolute atomic E-state index is 0.0724. The molecule has 2 rings (SSSR count). The van der Waals surface area contributed by atoms with E-state index in [4.69, 9.17) is 9.84 Å². The van der Waals surface area contributed by atoms with Gasteiger partial charge >= 0.3 is 0 Å². The van der Waals surface area contributed by atoms with Gasteiger partial charge in [-0.1, -0.05) is 0 Å². The minimum atomic E-state index is 0.0724. The van der Waals surface area contributed by atoms with Gasteiger partial charge in [0.2, 0.25) is 0 Å². The molecular weight excluding hydrogens is 232 g/mol. The first kappa shape index (κ1) is 13.9. The van der Waals surface area contributed by atoms with Crippen LogP contribution in [0.25, 0.3) is 0 Å². The molecule has 18 heavy (non-hydrogen) atoms. The summed E-state index contributed by atoms with van der Waals surface area (Å²) in [7, 11) is 0. The molecule has 1 N–H and O–H groups in total. The van der Waals surface area contributed by atoms with Crippen LogP contribution in [0, 0.1) is 5.92 Å². The fourth-order valence-electron chi connectivity index (χ4n) is 2.73. The highest BCUT2D eigenvalue weighted by Gasteiger charge is 2.26. The van der Waals surface area contributed by atoms with E-state index in [0.717, 1.165) is 45.7 Å². The van der Waals surface area contributed by atoms with Crippen LogP contribution in [0.1, 0.15) is 12.8 Å². The molecule has 0 saturated carbocycles. The van der Waals surface area contributed by atoms with Crippen LogP contribution < -0.4 is 0 Å². The monoisotopic (exact) mass is 256 g/mol. The summed E-state index contributed by atoms with van der Waals surface area (Å²) >= 11 is 0. The van der Waals surface area contributed by atoms with Crippen LogP contribution >= 0.6 is 0 Å². The molecule has 0 bridgehead atoms. The van der Waals surface area contributed by atoms with Crippen LogP contribution in [0.15, 0.2) is 0 Å². The van der Waals surface area contributed by atoms with E-state index in [9.17, 15) is 4.79 Å². The Hall–Kier alpha value is -0.490. The summed E-state index contributed by atoms with van der Waals surface area (Å²) in [4.78, 5) is 16.4. The number of β-amino-alcohol motifs (C(OH)–C–C–N with tert-alkyl or cyclic N) is 1. The Morgan fingerprint density at radius 3 is 2.78 bits per heavy atom. The Labute approximate surface area is 109 Å². The van der Waals surface area contributed by atoms with Gasteiger partial charge in [0.1, 0.15) is 5.78 Å². The lowest BCUT2D eigenvalue weighted by atomic mass is 10.00. The second kappa shape index (κ2) is 7.19. The molecule has 2 saturated heterocycles. The van der Waals surface area contributed by atoms with Gasteiger partial charge in [-0.3, -0.25) is 9.69 Å². The summed E-state index contributed by atoms with van der Waals surface area (Å²) < 4.78 is 5.39. The lowest BCUT2D eigenvalue weighted by molar-refractivity contribution is -0.131. The summed E-state index contributed by atoms with van der Waals surface area (Å²) in [6.45, 7) is 7.10. The number of nitrogens with zero attached hydrogens (tertiary/aromatic N) is 2. The fourth-order valence-corrected chi connectivity index (χ4v) is 2.73. The van der Waals surface area contributed by atoms with E-state index in [1.165, 1.54) is 0 Å². The van der Waals surface area contributed by atoms with Crippen molar-refractivity contribution in [1.29, 1.82) is 0 Å².